The first-order valence-corrected chi connectivity index (χ1v) is 6.56. The summed E-state index contributed by atoms with van der Waals surface area (Å²) in [6.07, 6.45) is 0. The van der Waals surface area contributed by atoms with E-state index < -0.39 is 4.92 Å². The van der Waals surface area contributed by atoms with Gasteiger partial charge < -0.3 is 25.0 Å². The Morgan fingerprint density at radius 2 is 2.09 bits per heavy atom. The maximum atomic E-state index is 11.2. The van der Waals surface area contributed by atoms with Gasteiger partial charge in [-0.3, -0.25) is 15.5 Å². The fourth-order valence-electron chi connectivity index (χ4n) is 1.61. The van der Waals surface area contributed by atoms with Crippen LogP contribution in [0.1, 0.15) is 0 Å². The zero-order valence-electron chi connectivity index (χ0n) is 13.1. The lowest BCUT2D eigenvalue weighted by atomic mass is 10.2. The Hall–Kier alpha value is -2.55. The van der Waals surface area contributed by atoms with Crippen molar-refractivity contribution in [1.82, 2.24) is 10.2 Å². The number of nitrogens with zero attached hydrogens (tertiary/aromatic N) is 2. The first-order chi connectivity index (χ1) is 10.4. The molecule has 1 aromatic carbocycles. The van der Waals surface area contributed by atoms with Crippen molar-refractivity contribution in [1.29, 1.82) is 5.41 Å². The summed E-state index contributed by atoms with van der Waals surface area (Å²) >= 11 is 0. The molecule has 0 heterocycles. The minimum atomic E-state index is -0.529. The molecule has 0 unspecified atom stereocenters. The van der Waals surface area contributed by atoms with Gasteiger partial charge in [-0.15, -0.1) is 0 Å². The predicted molar refractivity (Wildman–Crippen MR) is 84.1 cm³/mol. The highest BCUT2D eigenvalue weighted by atomic mass is 16.6. The first kappa shape index (κ1) is 17.5. The van der Waals surface area contributed by atoms with Crippen LogP contribution >= 0.6 is 0 Å². The lowest BCUT2D eigenvalue weighted by Gasteiger charge is -2.15. The summed E-state index contributed by atoms with van der Waals surface area (Å²) in [6, 6.07) is 2.73. The van der Waals surface area contributed by atoms with E-state index in [1.165, 1.54) is 19.2 Å². The molecule has 0 aliphatic carbocycles. The number of nitrogens with one attached hydrogen (secondary N) is 3. The highest BCUT2D eigenvalue weighted by Gasteiger charge is 2.20. The molecule has 0 radical (unpaired) electrons. The van der Waals surface area contributed by atoms with Crippen LogP contribution in [0.15, 0.2) is 12.1 Å². The zero-order chi connectivity index (χ0) is 16.7. The summed E-state index contributed by atoms with van der Waals surface area (Å²) in [7, 11) is 6.78. The van der Waals surface area contributed by atoms with Gasteiger partial charge in [0.05, 0.1) is 17.7 Å². The molecule has 122 valence electrons. The van der Waals surface area contributed by atoms with E-state index in [1.807, 2.05) is 19.0 Å². The van der Waals surface area contributed by atoms with Crippen LogP contribution in [-0.4, -0.2) is 57.2 Å². The second-order valence-corrected chi connectivity index (χ2v) is 4.68. The van der Waals surface area contributed by atoms with Crippen molar-refractivity contribution >= 4 is 17.3 Å². The van der Waals surface area contributed by atoms with Crippen LogP contribution in [0.4, 0.5) is 11.4 Å². The summed E-state index contributed by atoms with van der Waals surface area (Å²) in [5.74, 6) is 0.476. The molecule has 0 fully saturated rings. The standard InChI is InChI=1S/C13H21N5O4/c1-15-13(14)16-9-7-10(18(19)20)12(8-11(9)21-4)22-6-5-17(2)3/h7-8H,5-6H2,1-4H3,(H3,14,15,16). The van der Waals surface area contributed by atoms with E-state index in [2.05, 4.69) is 10.6 Å². The second-order valence-electron chi connectivity index (χ2n) is 4.68. The lowest BCUT2D eigenvalue weighted by Crippen LogP contribution is -2.25. The first-order valence-electron chi connectivity index (χ1n) is 6.56. The third-order valence-electron chi connectivity index (χ3n) is 2.78. The van der Waals surface area contributed by atoms with Crippen molar-refractivity contribution in [3.63, 3.8) is 0 Å². The molecule has 22 heavy (non-hydrogen) atoms. The highest BCUT2D eigenvalue weighted by Crippen LogP contribution is 2.37. The molecule has 1 aromatic rings. The van der Waals surface area contributed by atoms with Crippen LogP contribution in [0, 0.1) is 15.5 Å². The Balaban J connectivity index is 3.10. The van der Waals surface area contributed by atoms with E-state index in [0.717, 1.165) is 0 Å². The topological polar surface area (TPSA) is 113 Å². The summed E-state index contributed by atoms with van der Waals surface area (Å²) in [6.45, 7) is 0.944. The number of hydrogen-bond acceptors (Lipinski definition) is 6. The van der Waals surface area contributed by atoms with Crippen molar-refractivity contribution in [2.24, 2.45) is 0 Å². The summed E-state index contributed by atoms with van der Waals surface area (Å²) in [5.41, 5.74) is 0.125. The van der Waals surface area contributed by atoms with Crippen LogP contribution in [0.3, 0.4) is 0 Å². The summed E-state index contributed by atoms with van der Waals surface area (Å²) in [5, 5.41) is 24.0. The minimum absolute atomic E-state index is 0.00567. The van der Waals surface area contributed by atoms with E-state index in [1.54, 1.807) is 7.05 Å². The Labute approximate surface area is 128 Å². The Bertz CT molecular complexity index is 547. The molecule has 1 rings (SSSR count). The molecule has 0 aliphatic rings. The number of methoxy groups -OCH3 is 1. The van der Waals surface area contributed by atoms with Crippen molar-refractivity contribution in [3.05, 3.63) is 22.2 Å². The summed E-state index contributed by atoms with van der Waals surface area (Å²) in [4.78, 5) is 12.6. The number of rotatable bonds is 7. The number of benzene rings is 1. The normalized spacial score (nSPS) is 10.2. The predicted octanol–water partition coefficient (Wildman–Crippen LogP) is 1.11. The number of anilines is 1. The third kappa shape index (κ3) is 4.77. The molecule has 0 aliphatic heterocycles. The molecule has 9 nitrogen and oxygen atoms in total. The number of likely N-dealkylation sites (N-methyl/N-ethyl adjacent to an activating group) is 1. The van der Waals surface area contributed by atoms with Gasteiger partial charge in [-0.2, -0.15) is 0 Å². The quantitative estimate of drug-likeness (QED) is 0.299. The minimum Gasteiger partial charge on any atom is -0.494 e. The third-order valence-corrected chi connectivity index (χ3v) is 2.78. The molecule has 0 atom stereocenters. The SMILES string of the molecule is CNC(=N)Nc1cc([N+](=O)[O-])c(OCCN(C)C)cc1OC. The molecule has 9 heteroatoms. The van der Waals surface area contributed by atoms with Crippen molar-refractivity contribution in [2.45, 2.75) is 0 Å². The second kappa shape index (κ2) is 8.03. The molecular formula is C13H21N5O4. The van der Waals surface area contributed by atoms with Crippen molar-refractivity contribution in [2.75, 3.05) is 46.7 Å². The average Bonchev–Trinajstić information content (AvgIpc) is 2.47. The maximum absolute atomic E-state index is 11.2. The van der Waals surface area contributed by atoms with Crippen LogP contribution in [0.25, 0.3) is 0 Å². The van der Waals surface area contributed by atoms with Crippen LogP contribution in [0.5, 0.6) is 11.5 Å². The van der Waals surface area contributed by atoms with Gasteiger partial charge in [0.25, 0.3) is 0 Å². The molecule has 0 amide bonds. The average molecular weight is 311 g/mol. The monoisotopic (exact) mass is 311 g/mol. The Kier molecular flexibility index (Phi) is 6.39. The molecular weight excluding hydrogens is 290 g/mol. The molecule has 0 saturated heterocycles. The van der Waals surface area contributed by atoms with Gasteiger partial charge in [0.2, 0.25) is 5.75 Å². The van der Waals surface area contributed by atoms with Crippen molar-refractivity contribution < 1.29 is 14.4 Å². The number of nitro benzene ring substituents is 1. The van der Waals surface area contributed by atoms with Gasteiger partial charge in [0.15, 0.2) is 5.96 Å². The van der Waals surface area contributed by atoms with E-state index in [4.69, 9.17) is 14.9 Å². The van der Waals surface area contributed by atoms with Gasteiger partial charge in [-0.25, -0.2) is 0 Å². The van der Waals surface area contributed by atoms with E-state index in [9.17, 15) is 10.1 Å². The maximum Gasteiger partial charge on any atom is 0.313 e. The number of nitro groups is 1. The number of hydrogen-bond donors (Lipinski definition) is 3. The van der Waals surface area contributed by atoms with Crippen LogP contribution in [-0.2, 0) is 0 Å². The van der Waals surface area contributed by atoms with Gasteiger partial charge in [-0.05, 0) is 14.1 Å². The molecule has 0 bridgehead atoms. The van der Waals surface area contributed by atoms with Gasteiger partial charge >= 0.3 is 5.69 Å². The van der Waals surface area contributed by atoms with Crippen LogP contribution in [0.2, 0.25) is 0 Å². The Morgan fingerprint density at radius 1 is 1.41 bits per heavy atom. The summed E-state index contributed by atoms with van der Waals surface area (Å²) < 4.78 is 10.7. The smallest absolute Gasteiger partial charge is 0.313 e. The molecule has 3 N–H and O–H groups in total. The highest BCUT2D eigenvalue weighted by molar-refractivity contribution is 5.93. The van der Waals surface area contributed by atoms with Gasteiger partial charge in [0.1, 0.15) is 12.4 Å². The molecule has 0 spiro atoms. The van der Waals surface area contributed by atoms with Gasteiger partial charge in [-0.1, -0.05) is 0 Å². The zero-order valence-corrected chi connectivity index (χ0v) is 13.1. The fraction of sp³-hybridized carbons (Fsp3) is 0.462. The van der Waals surface area contributed by atoms with Crippen LogP contribution < -0.4 is 20.1 Å². The van der Waals surface area contributed by atoms with E-state index in [-0.39, 0.29) is 17.4 Å². The number of guanidine groups is 1. The van der Waals surface area contributed by atoms with Gasteiger partial charge in [0, 0.05) is 25.7 Å². The van der Waals surface area contributed by atoms with Crippen molar-refractivity contribution in [3.8, 4) is 11.5 Å². The number of ether oxygens (including phenoxy) is 2. The lowest BCUT2D eigenvalue weighted by molar-refractivity contribution is -0.385. The molecule has 0 saturated carbocycles. The Morgan fingerprint density at radius 3 is 2.59 bits per heavy atom. The largest absolute Gasteiger partial charge is 0.494 e. The fourth-order valence-corrected chi connectivity index (χ4v) is 1.61. The van der Waals surface area contributed by atoms with E-state index >= 15 is 0 Å². The van der Waals surface area contributed by atoms with E-state index in [0.29, 0.717) is 24.6 Å². The molecule has 0 aromatic heterocycles.